The number of likely N-dealkylation sites (tertiary alicyclic amines) is 1. The fourth-order valence-electron chi connectivity index (χ4n) is 3.68. The number of benzene rings is 1. The number of carbonyl (C=O) groups is 2. The predicted octanol–water partition coefficient (Wildman–Crippen LogP) is 3.12. The zero-order chi connectivity index (χ0) is 23.0. The number of hydrogen-bond donors (Lipinski definition) is 1. The topological polar surface area (TPSA) is 77.1 Å². The molecule has 1 aromatic rings. The molecule has 0 radical (unpaired) electrons. The molecule has 2 aliphatic rings. The number of carbonyl (C=O) groups excluding carboxylic acids is 2. The predicted molar refractivity (Wildman–Crippen MR) is 120 cm³/mol. The van der Waals surface area contributed by atoms with Crippen LogP contribution in [0.1, 0.15) is 71.7 Å². The highest BCUT2D eigenvalue weighted by molar-refractivity contribution is 6.62. The van der Waals surface area contributed by atoms with E-state index in [2.05, 4.69) is 5.32 Å². The molecule has 0 spiro atoms. The first-order valence-electron chi connectivity index (χ1n) is 11.0. The van der Waals surface area contributed by atoms with Crippen LogP contribution in [0.5, 0.6) is 0 Å². The van der Waals surface area contributed by atoms with Crippen LogP contribution < -0.4 is 10.8 Å². The summed E-state index contributed by atoms with van der Waals surface area (Å²) in [7, 11) is -0.499. The average Bonchev–Trinajstić information content (AvgIpc) is 2.88. The molecule has 2 fully saturated rings. The number of ether oxygens (including phenoxy) is 1. The van der Waals surface area contributed by atoms with E-state index in [1.807, 2.05) is 77.6 Å². The highest BCUT2D eigenvalue weighted by Crippen LogP contribution is 2.36. The Kier molecular flexibility index (Phi) is 6.45. The van der Waals surface area contributed by atoms with Gasteiger partial charge in [0.05, 0.1) is 11.2 Å². The van der Waals surface area contributed by atoms with Gasteiger partial charge in [-0.1, -0.05) is 12.1 Å². The Bertz CT molecular complexity index is 810. The molecule has 0 aliphatic carbocycles. The monoisotopic (exact) mass is 430 g/mol. The molecule has 2 amide bonds. The summed E-state index contributed by atoms with van der Waals surface area (Å²) < 4.78 is 17.6. The first kappa shape index (κ1) is 23.6. The van der Waals surface area contributed by atoms with Crippen molar-refractivity contribution >= 4 is 24.6 Å². The minimum atomic E-state index is -0.525. The van der Waals surface area contributed by atoms with Crippen molar-refractivity contribution in [3.63, 3.8) is 0 Å². The van der Waals surface area contributed by atoms with Crippen LogP contribution in [-0.2, 0) is 14.0 Å². The van der Waals surface area contributed by atoms with E-state index in [0.29, 0.717) is 31.5 Å². The van der Waals surface area contributed by atoms with Crippen molar-refractivity contribution in [2.24, 2.45) is 0 Å². The third kappa shape index (κ3) is 5.60. The Hall–Kier alpha value is -2.06. The van der Waals surface area contributed by atoms with Gasteiger partial charge in [-0.2, -0.15) is 0 Å². The van der Waals surface area contributed by atoms with Crippen molar-refractivity contribution in [1.29, 1.82) is 0 Å². The number of hydrogen-bond acceptors (Lipinski definition) is 5. The number of nitrogens with zero attached hydrogens (tertiary/aromatic N) is 1. The third-order valence-corrected chi connectivity index (χ3v) is 6.16. The van der Waals surface area contributed by atoms with Crippen molar-refractivity contribution in [2.45, 2.75) is 84.2 Å². The highest BCUT2D eigenvalue weighted by Gasteiger charge is 2.51. The Morgan fingerprint density at radius 1 is 1.10 bits per heavy atom. The van der Waals surface area contributed by atoms with Crippen LogP contribution in [-0.4, -0.2) is 60.0 Å². The van der Waals surface area contributed by atoms with Gasteiger partial charge in [-0.05, 0) is 78.9 Å². The summed E-state index contributed by atoms with van der Waals surface area (Å²) in [6, 6.07) is 7.48. The molecule has 0 atom stereocenters. The third-order valence-electron chi connectivity index (χ3n) is 6.16. The van der Waals surface area contributed by atoms with Gasteiger partial charge >= 0.3 is 13.2 Å². The molecule has 0 saturated carbocycles. The first-order chi connectivity index (χ1) is 14.3. The van der Waals surface area contributed by atoms with Gasteiger partial charge in [-0.25, -0.2) is 4.79 Å². The van der Waals surface area contributed by atoms with Crippen molar-refractivity contribution in [3.05, 3.63) is 29.8 Å². The highest BCUT2D eigenvalue weighted by atomic mass is 16.7. The van der Waals surface area contributed by atoms with Crippen molar-refractivity contribution in [3.8, 4) is 0 Å². The van der Waals surface area contributed by atoms with Crippen molar-refractivity contribution < 1.29 is 23.6 Å². The van der Waals surface area contributed by atoms with Crippen molar-refractivity contribution in [1.82, 2.24) is 10.2 Å². The zero-order valence-corrected chi connectivity index (χ0v) is 19.8. The minimum absolute atomic E-state index is 0.00925. The van der Waals surface area contributed by atoms with Gasteiger partial charge in [0.2, 0.25) is 0 Å². The molecule has 8 heteroatoms. The van der Waals surface area contributed by atoms with Gasteiger partial charge in [-0.3, -0.25) is 4.79 Å². The van der Waals surface area contributed by atoms with Crippen LogP contribution in [0.4, 0.5) is 4.79 Å². The lowest BCUT2D eigenvalue weighted by Gasteiger charge is -2.33. The fourth-order valence-corrected chi connectivity index (χ4v) is 3.68. The summed E-state index contributed by atoms with van der Waals surface area (Å²) in [6.07, 6.45) is 0.983. The summed E-state index contributed by atoms with van der Waals surface area (Å²) in [4.78, 5) is 26.9. The maximum atomic E-state index is 13.1. The Morgan fingerprint density at radius 2 is 1.68 bits per heavy atom. The van der Waals surface area contributed by atoms with E-state index in [0.717, 1.165) is 5.46 Å². The van der Waals surface area contributed by atoms with Crippen LogP contribution in [0.3, 0.4) is 0 Å². The normalized spacial score (nSPS) is 21.1. The van der Waals surface area contributed by atoms with Crippen LogP contribution in [0.15, 0.2) is 24.3 Å². The van der Waals surface area contributed by atoms with E-state index >= 15 is 0 Å². The standard InChI is InChI=1S/C23H35BN2O5/c1-21(2,3)29-20(28)25-18-11-13-26(14-12-18)19(27)16-9-8-10-17(15-16)24-30-22(4,5)23(6,7)31-24/h8-10,15,18H,11-14H2,1-7H3,(H,25,28). The van der Waals surface area contributed by atoms with E-state index < -0.39 is 30.0 Å². The van der Waals surface area contributed by atoms with Crippen LogP contribution >= 0.6 is 0 Å². The van der Waals surface area contributed by atoms with Gasteiger partial charge in [0.25, 0.3) is 5.91 Å². The molecule has 2 saturated heterocycles. The molecule has 170 valence electrons. The molecular formula is C23H35BN2O5. The van der Waals surface area contributed by atoms with E-state index in [9.17, 15) is 9.59 Å². The molecule has 0 aromatic heterocycles. The summed E-state index contributed by atoms with van der Waals surface area (Å²) in [5.74, 6) is -0.0194. The van der Waals surface area contributed by atoms with Crippen molar-refractivity contribution in [2.75, 3.05) is 13.1 Å². The maximum absolute atomic E-state index is 13.1. The maximum Gasteiger partial charge on any atom is 0.494 e. The lowest BCUT2D eigenvalue weighted by atomic mass is 9.78. The Labute approximate surface area is 185 Å². The summed E-state index contributed by atoms with van der Waals surface area (Å²) in [6.45, 7) is 14.7. The quantitative estimate of drug-likeness (QED) is 0.746. The van der Waals surface area contributed by atoms with Gasteiger partial charge in [0.15, 0.2) is 0 Å². The Balaban J connectivity index is 1.58. The van der Waals surface area contributed by atoms with E-state index in [4.69, 9.17) is 14.0 Å². The zero-order valence-electron chi connectivity index (χ0n) is 19.8. The molecule has 3 rings (SSSR count). The summed E-state index contributed by atoms with van der Waals surface area (Å²) >= 11 is 0. The largest absolute Gasteiger partial charge is 0.494 e. The molecular weight excluding hydrogens is 395 g/mol. The molecule has 2 heterocycles. The second kappa shape index (κ2) is 8.47. The van der Waals surface area contributed by atoms with E-state index in [1.54, 1.807) is 0 Å². The number of nitrogens with one attached hydrogen (secondary N) is 1. The lowest BCUT2D eigenvalue weighted by Crippen LogP contribution is -2.47. The molecule has 7 nitrogen and oxygen atoms in total. The second-order valence-electron chi connectivity index (χ2n) is 10.4. The molecule has 0 bridgehead atoms. The van der Waals surface area contributed by atoms with Crippen LogP contribution in [0.2, 0.25) is 0 Å². The van der Waals surface area contributed by atoms with Gasteiger partial charge in [-0.15, -0.1) is 0 Å². The smallest absolute Gasteiger partial charge is 0.444 e. The summed E-state index contributed by atoms with van der Waals surface area (Å²) in [5, 5.41) is 2.90. The van der Waals surface area contributed by atoms with Gasteiger partial charge in [0, 0.05) is 24.7 Å². The molecule has 0 unspecified atom stereocenters. The molecule has 31 heavy (non-hydrogen) atoms. The van der Waals surface area contributed by atoms with Crippen LogP contribution in [0.25, 0.3) is 0 Å². The molecule has 1 aromatic carbocycles. The van der Waals surface area contributed by atoms with Crippen LogP contribution in [0, 0.1) is 0 Å². The number of alkyl carbamates (subject to hydrolysis) is 1. The second-order valence-corrected chi connectivity index (χ2v) is 10.4. The van der Waals surface area contributed by atoms with E-state index in [-0.39, 0.29) is 11.9 Å². The van der Waals surface area contributed by atoms with Gasteiger partial charge < -0.3 is 24.3 Å². The summed E-state index contributed by atoms with van der Waals surface area (Å²) in [5.41, 5.74) is 0.0707. The first-order valence-corrected chi connectivity index (χ1v) is 11.0. The molecule has 1 N–H and O–H groups in total. The molecule has 2 aliphatic heterocycles. The SMILES string of the molecule is CC(C)(C)OC(=O)NC1CCN(C(=O)c2cccc(B3OC(C)(C)C(C)(C)O3)c2)CC1. The number of rotatable bonds is 3. The average molecular weight is 430 g/mol. The number of piperidine rings is 1. The van der Waals surface area contributed by atoms with Gasteiger partial charge in [0.1, 0.15) is 5.60 Å². The lowest BCUT2D eigenvalue weighted by molar-refractivity contribution is 0.00578. The van der Waals surface area contributed by atoms with E-state index in [1.165, 1.54) is 0 Å². The Morgan fingerprint density at radius 3 is 2.23 bits per heavy atom. The minimum Gasteiger partial charge on any atom is -0.444 e. The number of amides is 2. The fraction of sp³-hybridized carbons (Fsp3) is 0.652.